The summed E-state index contributed by atoms with van der Waals surface area (Å²) in [7, 11) is -4.00. The Kier molecular flexibility index (Phi) is 6.11. The molecule has 0 bridgehead atoms. The van der Waals surface area contributed by atoms with E-state index in [1.54, 1.807) is 35.9 Å². The summed E-state index contributed by atoms with van der Waals surface area (Å²) >= 11 is 0. The maximum Gasteiger partial charge on any atom is 0.309 e. The molecular formula is C21H23FN4O5S. The molecule has 0 radical (unpaired) electrons. The fourth-order valence-corrected chi connectivity index (χ4v) is 5.67. The van der Waals surface area contributed by atoms with E-state index in [1.807, 2.05) is 0 Å². The minimum Gasteiger partial charge on any atom is -0.481 e. The Labute approximate surface area is 184 Å². The van der Waals surface area contributed by atoms with Gasteiger partial charge in [-0.05, 0) is 25.5 Å². The fraction of sp³-hybridized carbons (Fsp3) is 0.381. The van der Waals surface area contributed by atoms with E-state index in [0.717, 1.165) is 4.31 Å². The Hall–Kier alpha value is -3.05. The molecule has 0 spiro atoms. The minimum atomic E-state index is -4.00. The van der Waals surface area contributed by atoms with Gasteiger partial charge in [0.05, 0.1) is 42.5 Å². The molecule has 11 heteroatoms. The van der Waals surface area contributed by atoms with Gasteiger partial charge in [0.1, 0.15) is 11.6 Å². The van der Waals surface area contributed by atoms with Crippen LogP contribution in [0.5, 0.6) is 5.88 Å². The molecule has 4 rings (SSSR count). The number of fused-ring (bicyclic) bond motifs is 1. The molecule has 1 aromatic carbocycles. The molecule has 0 unspecified atom stereocenters. The van der Waals surface area contributed by atoms with Crippen LogP contribution >= 0.6 is 0 Å². The highest BCUT2D eigenvalue weighted by Crippen LogP contribution is 2.35. The topological polar surface area (TPSA) is 115 Å². The number of alkyl halides is 1. The maximum absolute atomic E-state index is 13.9. The van der Waals surface area contributed by atoms with Gasteiger partial charge in [0.25, 0.3) is 0 Å². The van der Waals surface area contributed by atoms with E-state index >= 15 is 0 Å². The summed E-state index contributed by atoms with van der Waals surface area (Å²) in [5.41, 5.74) is 1.08. The number of nitrogens with zero attached hydrogens (tertiary/aromatic N) is 4. The zero-order valence-corrected chi connectivity index (χ0v) is 18.2. The van der Waals surface area contributed by atoms with Crippen LogP contribution in [-0.2, 0) is 21.2 Å². The number of sulfonamides is 1. The lowest BCUT2D eigenvalue weighted by atomic mass is 10.1. The molecule has 1 saturated heterocycles. The van der Waals surface area contributed by atoms with Crippen LogP contribution in [-0.4, -0.2) is 64.4 Å². The number of aromatic nitrogens is 3. The predicted octanol–water partition coefficient (Wildman–Crippen LogP) is 2.43. The van der Waals surface area contributed by atoms with Gasteiger partial charge < -0.3 is 9.84 Å². The smallest absolute Gasteiger partial charge is 0.309 e. The third kappa shape index (κ3) is 4.05. The number of hydrogen-bond acceptors (Lipinski definition) is 6. The number of benzene rings is 1. The van der Waals surface area contributed by atoms with E-state index in [2.05, 4.69) is 10.1 Å². The standard InChI is InChI=1S/C21H23FN4O5S/c1-2-31-20-8-7-16(12-23-20)32(29,30)25-13-15(9-14(25)11-22)26-19-6-4-3-5-17(19)18(24-26)10-21(27)28/h3-8,12,14-15H,2,9-11,13H2,1H3,(H,27,28)/t14-,15-/m1/s1. The average Bonchev–Trinajstić information content (AvgIpc) is 3.36. The first-order chi connectivity index (χ1) is 15.3. The predicted molar refractivity (Wildman–Crippen MR) is 114 cm³/mol. The summed E-state index contributed by atoms with van der Waals surface area (Å²) in [6.45, 7) is 1.37. The molecule has 1 aliphatic rings. The van der Waals surface area contributed by atoms with Gasteiger partial charge in [-0.3, -0.25) is 9.48 Å². The molecule has 9 nitrogen and oxygen atoms in total. The highest BCUT2D eigenvalue weighted by atomic mass is 32.2. The van der Waals surface area contributed by atoms with Crippen molar-refractivity contribution in [2.45, 2.75) is 36.7 Å². The van der Waals surface area contributed by atoms with Crippen LogP contribution in [0.2, 0.25) is 0 Å². The second kappa shape index (κ2) is 8.83. The molecule has 2 atom stereocenters. The molecule has 3 heterocycles. The van der Waals surface area contributed by atoms with E-state index < -0.39 is 34.8 Å². The summed E-state index contributed by atoms with van der Waals surface area (Å²) < 4.78 is 48.4. The van der Waals surface area contributed by atoms with E-state index in [9.17, 15) is 22.7 Å². The second-order valence-electron chi connectivity index (χ2n) is 7.52. The van der Waals surface area contributed by atoms with Crippen LogP contribution in [0.25, 0.3) is 10.9 Å². The van der Waals surface area contributed by atoms with Crippen molar-refractivity contribution in [1.82, 2.24) is 19.1 Å². The molecule has 3 aromatic rings. The lowest BCUT2D eigenvalue weighted by Gasteiger charge is -2.21. The van der Waals surface area contributed by atoms with Gasteiger partial charge in [-0.2, -0.15) is 9.40 Å². The van der Waals surface area contributed by atoms with Crippen LogP contribution in [0, 0.1) is 0 Å². The van der Waals surface area contributed by atoms with Crippen molar-refractivity contribution in [2.24, 2.45) is 0 Å². The number of rotatable bonds is 8. The van der Waals surface area contributed by atoms with Crippen molar-refractivity contribution in [3.8, 4) is 5.88 Å². The van der Waals surface area contributed by atoms with Gasteiger partial charge in [0.15, 0.2) is 0 Å². The van der Waals surface area contributed by atoms with Crippen molar-refractivity contribution >= 4 is 26.9 Å². The summed E-state index contributed by atoms with van der Waals surface area (Å²) in [5.74, 6) is -0.706. The number of carboxylic acid groups (broad SMARTS) is 1. The van der Waals surface area contributed by atoms with Gasteiger partial charge in [-0.1, -0.05) is 18.2 Å². The maximum atomic E-state index is 13.9. The Balaban J connectivity index is 1.67. The van der Waals surface area contributed by atoms with E-state index in [4.69, 9.17) is 4.74 Å². The number of para-hydroxylation sites is 1. The number of halogens is 1. The minimum absolute atomic E-state index is 0.0162. The van der Waals surface area contributed by atoms with Crippen LogP contribution in [0.3, 0.4) is 0 Å². The quantitative estimate of drug-likeness (QED) is 0.547. The largest absolute Gasteiger partial charge is 0.481 e. The summed E-state index contributed by atoms with van der Waals surface area (Å²) in [6.07, 6.45) is 1.17. The second-order valence-corrected chi connectivity index (χ2v) is 9.41. The molecule has 1 aliphatic heterocycles. The third-order valence-electron chi connectivity index (χ3n) is 5.48. The fourth-order valence-electron chi connectivity index (χ4n) is 4.07. The molecule has 0 aliphatic carbocycles. The Bertz CT molecular complexity index is 1230. The normalized spacial score (nSPS) is 19.4. The highest BCUT2D eigenvalue weighted by molar-refractivity contribution is 7.89. The lowest BCUT2D eigenvalue weighted by Crippen LogP contribution is -2.37. The molecular weight excluding hydrogens is 439 g/mol. The number of pyridine rings is 1. The van der Waals surface area contributed by atoms with Crippen molar-refractivity contribution in [3.05, 3.63) is 48.3 Å². The third-order valence-corrected chi connectivity index (χ3v) is 7.38. The number of carboxylic acids is 1. The Morgan fingerprint density at radius 1 is 1.28 bits per heavy atom. The molecule has 170 valence electrons. The first-order valence-corrected chi connectivity index (χ1v) is 11.6. The number of aliphatic carboxylic acids is 1. The first kappa shape index (κ1) is 22.2. The summed E-state index contributed by atoms with van der Waals surface area (Å²) in [5, 5.41) is 14.4. The van der Waals surface area contributed by atoms with Gasteiger partial charge in [0.2, 0.25) is 15.9 Å². The summed E-state index contributed by atoms with van der Waals surface area (Å²) in [4.78, 5) is 15.2. The number of ether oxygens (including phenoxy) is 1. The molecule has 2 aromatic heterocycles. The van der Waals surface area contributed by atoms with Crippen LogP contribution in [0.1, 0.15) is 25.1 Å². The summed E-state index contributed by atoms with van der Waals surface area (Å²) in [6, 6.07) is 8.72. The van der Waals surface area contributed by atoms with Gasteiger partial charge in [0, 0.05) is 18.0 Å². The lowest BCUT2D eigenvalue weighted by molar-refractivity contribution is -0.136. The Morgan fingerprint density at radius 2 is 2.06 bits per heavy atom. The first-order valence-electron chi connectivity index (χ1n) is 10.2. The van der Waals surface area contributed by atoms with Crippen LogP contribution < -0.4 is 4.74 Å². The van der Waals surface area contributed by atoms with Crippen molar-refractivity contribution in [1.29, 1.82) is 0 Å². The zero-order valence-electron chi connectivity index (χ0n) is 17.4. The van der Waals surface area contributed by atoms with E-state index in [1.165, 1.54) is 18.3 Å². The molecule has 0 amide bonds. The van der Waals surface area contributed by atoms with Crippen LogP contribution in [0.15, 0.2) is 47.5 Å². The Morgan fingerprint density at radius 3 is 2.72 bits per heavy atom. The van der Waals surface area contributed by atoms with Gasteiger partial charge in [-0.25, -0.2) is 17.8 Å². The zero-order chi connectivity index (χ0) is 22.9. The highest BCUT2D eigenvalue weighted by Gasteiger charge is 2.42. The molecule has 32 heavy (non-hydrogen) atoms. The molecule has 1 N–H and O–H groups in total. The number of hydrogen-bond donors (Lipinski definition) is 1. The molecule has 1 fully saturated rings. The molecule has 0 saturated carbocycles. The van der Waals surface area contributed by atoms with E-state index in [-0.39, 0.29) is 24.3 Å². The van der Waals surface area contributed by atoms with Crippen molar-refractivity contribution in [2.75, 3.05) is 19.8 Å². The van der Waals surface area contributed by atoms with Crippen molar-refractivity contribution in [3.63, 3.8) is 0 Å². The monoisotopic (exact) mass is 462 g/mol. The van der Waals surface area contributed by atoms with E-state index in [0.29, 0.717) is 29.1 Å². The van der Waals surface area contributed by atoms with Crippen LogP contribution in [0.4, 0.5) is 4.39 Å². The number of carbonyl (C=O) groups is 1. The van der Waals surface area contributed by atoms with Crippen molar-refractivity contribution < 1.29 is 27.4 Å². The van der Waals surface area contributed by atoms with Gasteiger partial charge in [-0.15, -0.1) is 0 Å². The van der Waals surface area contributed by atoms with Gasteiger partial charge >= 0.3 is 5.97 Å². The SMILES string of the molecule is CCOc1ccc(S(=O)(=O)N2C[C@H](n3nc(CC(=O)O)c4ccccc43)C[C@@H]2CF)cn1. The average molecular weight is 463 g/mol.